The third kappa shape index (κ3) is 4.43. The molecule has 1 aliphatic rings. The van der Waals surface area contributed by atoms with Crippen molar-refractivity contribution in [1.29, 1.82) is 0 Å². The van der Waals surface area contributed by atoms with Gasteiger partial charge in [-0.3, -0.25) is 9.69 Å². The highest BCUT2D eigenvalue weighted by Gasteiger charge is 2.23. The van der Waals surface area contributed by atoms with Crippen molar-refractivity contribution in [2.24, 2.45) is 5.92 Å². The van der Waals surface area contributed by atoms with Gasteiger partial charge in [-0.25, -0.2) is 0 Å². The van der Waals surface area contributed by atoms with Crippen LogP contribution in [0.4, 0.5) is 0 Å². The van der Waals surface area contributed by atoms with Gasteiger partial charge in [-0.15, -0.1) is 11.3 Å². The molecule has 0 aliphatic carbocycles. The lowest BCUT2D eigenvalue weighted by Crippen LogP contribution is -2.39. The Morgan fingerprint density at radius 2 is 2.05 bits per heavy atom. The molecule has 1 saturated heterocycles. The van der Waals surface area contributed by atoms with Gasteiger partial charge in [0.05, 0.1) is 16.4 Å². The fourth-order valence-electron chi connectivity index (χ4n) is 2.66. The van der Waals surface area contributed by atoms with E-state index in [-0.39, 0.29) is 5.78 Å². The standard InChI is InChI=1S/C14H20Cl2N2OS/c1-17(2)8-10-3-5-18(6-4-10)9-12(19)11-7-13(15)20-14(11)16/h7,10H,3-6,8-9H2,1-2H3. The van der Waals surface area contributed by atoms with Gasteiger partial charge in [0, 0.05) is 6.54 Å². The Morgan fingerprint density at radius 1 is 1.40 bits per heavy atom. The number of Topliss-reactive ketones (excluding diaryl/α,β-unsaturated/α-hetero) is 1. The summed E-state index contributed by atoms with van der Waals surface area (Å²) in [5, 5.41) is 0. The largest absolute Gasteiger partial charge is 0.309 e. The average Bonchev–Trinajstić information content (AvgIpc) is 2.70. The maximum absolute atomic E-state index is 12.2. The number of ketones is 1. The summed E-state index contributed by atoms with van der Waals surface area (Å²) in [4.78, 5) is 16.7. The van der Waals surface area contributed by atoms with Gasteiger partial charge in [0.25, 0.3) is 0 Å². The first-order valence-electron chi connectivity index (χ1n) is 6.81. The third-order valence-corrected chi connectivity index (χ3v) is 5.14. The quantitative estimate of drug-likeness (QED) is 0.770. The summed E-state index contributed by atoms with van der Waals surface area (Å²) < 4.78 is 1.07. The number of carbonyl (C=O) groups excluding carboxylic acids is 1. The van der Waals surface area contributed by atoms with Crippen molar-refractivity contribution in [3.8, 4) is 0 Å². The van der Waals surface area contributed by atoms with E-state index in [2.05, 4.69) is 23.9 Å². The second-order valence-corrected chi connectivity index (χ2v) is 7.93. The summed E-state index contributed by atoms with van der Waals surface area (Å²) in [5.41, 5.74) is 0.567. The maximum Gasteiger partial charge on any atom is 0.179 e. The lowest BCUT2D eigenvalue weighted by atomic mass is 9.96. The summed E-state index contributed by atoms with van der Waals surface area (Å²) >= 11 is 13.2. The van der Waals surface area contributed by atoms with Crippen LogP contribution in [0.2, 0.25) is 8.67 Å². The summed E-state index contributed by atoms with van der Waals surface area (Å²) in [6.07, 6.45) is 2.31. The molecule has 112 valence electrons. The molecule has 0 radical (unpaired) electrons. The van der Waals surface area contributed by atoms with Crippen molar-refractivity contribution in [1.82, 2.24) is 9.80 Å². The molecular weight excluding hydrogens is 315 g/mol. The van der Waals surface area contributed by atoms with Crippen molar-refractivity contribution in [3.63, 3.8) is 0 Å². The highest BCUT2D eigenvalue weighted by atomic mass is 35.5. The summed E-state index contributed by atoms with van der Waals surface area (Å²) in [6, 6.07) is 1.68. The van der Waals surface area contributed by atoms with Crippen molar-refractivity contribution < 1.29 is 4.79 Å². The average molecular weight is 335 g/mol. The van der Waals surface area contributed by atoms with Crippen LogP contribution in [0.5, 0.6) is 0 Å². The van der Waals surface area contributed by atoms with Gasteiger partial charge >= 0.3 is 0 Å². The molecule has 20 heavy (non-hydrogen) atoms. The second-order valence-electron chi connectivity index (χ2n) is 5.64. The molecule has 0 aromatic carbocycles. The Bertz CT molecular complexity index is 468. The number of nitrogens with zero attached hydrogens (tertiary/aromatic N) is 2. The lowest BCUT2D eigenvalue weighted by Gasteiger charge is -2.32. The van der Waals surface area contributed by atoms with Gasteiger partial charge in [0.1, 0.15) is 4.34 Å². The third-order valence-electron chi connectivity index (χ3n) is 3.65. The molecule has 0 bridgehead atoms. The van der Waals surface area contributed by atoms with Gasteiger partial charge in [-0.1, -0.05) is 23.2 Å². The Labute approximate surface area is 134 Å². The number of carbonyl (C=O) groups is 1. The molecule has 2 heterocycles. The highest BCUT2D eigenvalue weighted by Crippen LogP contribution is 2.31. The summed E-state index contributed by atoms with van der Waals surface area (Å²) in [5.74, 6) is 0.819. The topological polar surface area (TPSA) is 23.6 Å². The summed E-state index contributed by atoms with van der Waals surface area (Å²) in [6.45, 7) is 3.55. The predicted octanol–water partition coefficient (Wildman–Crippen LogP) is 3.51. The maximum atomic E-state index is 12.2. The predicted molar refractivity (Wildman–Crippen MR) is 86.4 cm³/mol. The van der Waals surface area contributed by atoms with E-state index in [1.54, 1.807) is 6.07 Å². The number of likely N-dealkylation sites (tertiary alicyclic amines) is 1. The van der Waals surface area contributed by atoms with E-state index < -0.39 is 0 Å². The molecule has 0 unspecified atom stereocenters. The minimum Gasteiger partial charge on any atom is -0.309 e. The van der Waals surface area contributed by atoms with Crippen LogP contribution < -0.4 is 0 Å². The summed E-state index contributed by atoms with van der Waals surface area (Å²) in [7, 11) is 4.22. The van der Waals surface area contributed by atoms with Crippen molar-refractivity contribution in [3.05, 3.63) is 20.3 Å². The van der Waals surface area contributed by atoms with Crippen LogP contribution in [0.15, 0.2) is 6.07 Å². The molecule has 0 saturated carbocycles. The van der Waals surface area contributed by atoms with Crippen LogP contribution >= 0.6 is 34.5 Å². The van der Waals surface area contributed by atoms with E-state index in [1.807, 2.05) is 0 Å². The Hall–Kier alpha value is -0.130. The molecular formula is C14H20Cl2N2OS. The smallest absolute Gasteiger partial charge is 0.179 e. The molecule has 1 aromatic heterocycles. The first-order valence-corrected chi connectivity index (χ1v) is 8.38. The zero-order chi connectivity index (χ0) is 14.7. The van der Waals surface area contributed by atoms with Gasteiger partial charge in [-0.2, -0.15) is 0 Å². The van der Waals surface area contributed by atoms with Gasteiger partial charge in [0.2, 0.25) is 0 Å². The number of rotatable bonds is 5. The fourth-order valence-corrected chi connectivity index (χ4v) is 4.16. The van der Waals surface area contributed by atoms with Gasteiger partial charge in [0.15, 0.2) is 5.78 Å². The van der Waals surface area contributed by atoms with Crippen LogP contribution in [0.25, 0.3) is 0 Å². The Balaban J connectivity index is 1.83. The number of halogens is 2. The minimum atomic E-state index is 0.0733. The van der Waals surface area contributed by atoms with E-state index in [0.29, 0.717) is 20.8 Å². The highest BCUT2D eigenvalue weighted by molar-refractivity contribution is 7.20. The molecule has 6 heteroatoms. The van der Waals surface area contributed by atoms with Crippen molar-refractivity contribution in [2.45, 2.75) is 12.8 Å². The fraction of sp³-hybridized carbons (Fsp3) is 0.643. The molecule has 1 aliphatic heterocycles. The number of hydrogen-bond acceptors (Lipinski definition) is 4. The molecule has 1 fully saturated rings. The van der Waals surface area contributed by atoms with Crippen LogP contribution in [0.1, 0.15) is 23.2 Å². The van der Waals surface area contributed by atoms with E-state index in [0.717, 1.165) is 38.4 Å². The molecule has 1 aromatic rings. The van der Waals surface area contributed by atoms with E-state index in [9.17, 15) is 4.79 Å². The molecule has 0 amide bonds. The number of hydrogen-bond donors (Lipinski definition) is 0. The monoisotopic (exact) mass is 334 g/mol. The van der Waals surface area contributed by atoms with Gasteiger partial charge in [-0.05, 0) is 52.0 Å². The first-order chi connectivity index (χ1) is 9.45. The lowest BCUT2D eigenvalue weighted by molar-refractivity contribution is 0.0886. The normalized spacial score (nSPS) is 17.9. The number of thiophene rings is 1. The van der Waals surface area contributed by atoms with Crippen molar-refractivity contribution in [2.75, 3.05) is 40.3 Å². The van der Waals surface area contributed by atoms with Crippen LogP contribution in [0.3, 0.4) is 0 Å². The van der Waals surface area contributed by atoms with E-state index in [4.69, 9.17) is 23.2 Å². The first kappa shape index (κ1) is 16.2. The SMILES string of the molecule is CN(C)CC1CCN(CC(=O)c2cc(Cl)sc2Cl)CC1. The van der Waals surface area contributed by atoms with Gasteiger partial charge < -0.3 is 4.90 Å². The molecule has 2 rings (SSSR count). The molecule has 3 nitrogen and oxygen atoms in total. The Kier molecular flexibility index (Phi) is 5.87. The zero-order valence-corrected chi connectivity index (χ0v) is 14.2. The molecule has 0 N–H and O–H groups in total. The molecule has 0 spiro atoms. The second kappa shape index (κ2) is 7.23. The Morgan fingerprint density at radius 3 is 2.55 bits per heavy atom. The van der Waals surface area contributed by atoms with Crippen LogP contribution in [-0.4, -0.2) is 55.9 Å². The zero-order valence-electron chi connectivity index (χ0n) is 11.9. The van der Waals surface area contributed by atoms with Crippen LogP contribution in [-0.2, 0) is 0 Å². The van der Waals surface area contributed by atoms with Crippen LogP contribution in [0, 0.1) is 5.92 Å². The van der Waals surface area contributed by atoms with E-state index in [1.165, 1.54) is 11.3 Å². The number of piperidine rings is 1. The van der Waals surface area contributed by atoms with Crippen molar-refractivity contribution >= 4 is 40.3 Å². The molecule has 0 atom stereocenters. The minimum absolute atomic E-state index is 0.0733. The van der Waals surface area contributed by atoms with E-state index >= 15 is 0 Å².